The summed E-state index contributed by atoms with van der Waals surface area (Å²) in [5, 5.41) is 13.1. The van der Waals surface area contributed by atoms with Gasteiger partial charge in [0.1, 0.15) is 0 Å². The first-order chi connectivity index (χ1) is 9.02. The van der Waals surface area contributed by atoms with Crippen molar-refractivity contribution >= 4 is 0 Å². The highest BCUT2D eigenvalue weighted by Crippen LogP contribution is 2.32. The number of aliphatic hydroxyl groups is 1. The van der Waals surface area contributed by atoms with Crippen LogP contribution in [0.25, 0.3) is 0 Å². The maximum absolute atomic E-state index is 9.28. The van der Waals surface area contributed by atoms with Crippen LogP contribution in [0.1, 0.15) is 57.2 Å². The Kier molecular flexibility index (Phi) is 4.64. The normalized spacial score (nSPS) is 20.9. The molecule has 0 heterocycles. The lowest BCUT2D eigenvalue weighted by molar-refractivity contribution is 0.181. The highest BCUT2D eigenvalue weighted by Gasteiger charge is 2.28. The number of fused-ring (bicyclic) bond motifs is 1. The molecule has 1 aromatic rings. The van der Waals surface area contributed by atoms with Crippen LogP contribution in [0, 0.1) is 5.41 Å². The molecule has 2 N–H and O–H groups in total. The third-order valence-electron chi connectivity index (χ3n) is 4.23. The quantitative estimate of drug-likeness (QED) is 0.870. The molecule has 2 heteroatoms. The van der Waals surface area contributed by atoms with E-state index >= 15 is 0 Å². The Hall–Kier alpha value is -0.860. The first kappa shape index (κ1) is 14.5. The Morgan fingerprint density at radius 3 is 2.74 bits per heavy atom. The second kappa shape index (κ2) is 6.06. The Morgan fingerprint density at radius 2 is 2.05 bits per heavy atom. The lowest BCUT2D eigenvalue weighted by Crippen LogP contribution is -2.43. The molecular weight excluding hydrogens is 234 g/mol. The second-order valence-corrected chi connectivity index (χ2v) is 6.74. The van der Waals surface area contributed by atoms with Crippen LogP contribution < -0.4 is 5.32 Å². The molecule has 2 nitrogen and oxygen atoms in total. The fourth-order valence-electron chi connectivity index (χ4n) is 3.07. The summed E-state index contributed by atoms with van der Waals surface area (Å²) >= 11 is 0. The van der Waals surface area contributed by atoms with Crippen molar-refractivity contribution in [2.24, 2.45) is 5.41 Å². The molecule has 0 fully saturated rings. The second-order valence-electron chi connectivity index (χ2n) is 6.74. The van der Waals surface area contributed by atoms with E-state index in [0.717, 1.165) is 6.42 Å². The molecule has 0 aromatic heterocycles. The predicted molar refractivity (Wildman–Crippen MR) is 80.2 cm³/mol. The molecule has 19 heavy (non-hydrogen) atoms. The summed E-state index contributed by atoms with van der Waals surface area (Å²) in [6.07, 6.45) is 4.48. The first-order valence-electron chi connectivity index (χ1n) is 7.47. The maximum Gasteiger partial charge on any atom is 0.0446 e. The van der Waals surface area contributed by atoms with E-state index < -0.39 is 0 Å². The van der Waals surface area contributed by atoms with Gasteiger partial charge in [-0.25, -0.2) is 0 Å². The van der Waals surface area contributed by atoms with Gasteiger partial charge < -0.3 is 10.4 Å². The Morgan fingerprint density at radius 1 is 1.32 bits per heavy atom. The van der Waals surface area contributed by atoms with Crippen molar-refractivity contribution in [3.63, 3.8) is 0 Å². The summed E-state index contributed by atoms with van der Waals surface area (Å²) in [4.78, 5) is 0. The molecule has 2 unspecified atom stereocenters. The van der Waals surface area contributed by atoms with Gasteiger partial charge in [-0.3, -0.25) is 0 Å². The number of rotatable bonds is 4. The van der Waals surface area contributed by atoms with E-state index in [4.69, 9.17) is 0 Å². The van der Waals surface area contributed by atoms with Crippen LogP contribution in [0.2, 0.25) is 0 Å². The van der Waals surface area contributed by atoms with Gasteiger partial charge >= 0.3 is 0 Å². The molecule has 0 bridgehead atoms. The van der Waals surface area contributed by atoms with Gasteiger partial charge in [-0.2, -0.15) is 0 Å². The molecule has 0 radical (unpaired) electrons. The molecular formula is C17H27NO. The van der Waals surface area contributed by atoms with Gasteiger partial charge in [-0.05, 0) is 42.2 Å². The van der Waals surface area contributed by atoms with Crippen LogP contribution in [0.15, 0.2) is 24.3 Å². The van der Waals surface area contributed by atoms with Crippen LogP contribution in [0.4, 0.5) is 0 Å². The van der Waals surface area contributed by atoms with Crippen LogP contribution in [0.3, 0.4) is 0 Å². The van der Waals surface area contributed by atoms with Crippen LogP contribution in [-0.2, 0) is 6.42 Å². The van der Waals surface area contributed by atoms with Crippen molar-refractivity contribution in [1.82, 2.24) is 5.32 Å². The lowest BCUT2D eigenvalue weighted by Gasteiger charge is -2.37. The zero-order valence-corrected chi connectivity index (χ0v) is 12.4. The fourth-order valence-corrected chi connectivity index (χ4v) is 3.07. The van der Waals surface area contributed by atoms with E-state index in [2.05, 4.69) is 50.4 Å². The number of aryl methyl sites for hydroxylation is 1. The largest absolute Gasteiger partial charge is 0.396 e. The van der Waals surface area contributed by atoms with Gasteiger partial charge in [0.15, 0.2) is 0 Å². The zero-order valence-electron chi connectivity index (χ0n) is 12.4. The number of aliphatic hydroxyl groups excluding tert-OH is 1. The Labute approximate surface area is 117 Å². The van der Waals surface area contributed by atoms with E-state index in [-0.39, 0.29) is 12.0 Å². The highest BCUT2D eigenvalue weighted by molar-refractivity contribution is 5.32. The summed E-state index contributed by atoms with van der Waals surface area (Å²) < 4.78 is 0. The molecule has 0 saturated heterocycles. The smallest absolute Gasteiger partial charge is 0.0446 e. The number of benzene rings is 1. The third kappa shape index (κ3) is 3.58. The molecule has 0 aliphatic heterocycles. The minimum absolute atomic E-state index is 0.176. The number of hydrogen-bond donors (Lipinski definition) is 2. The van der Waals surface area contributed by atoms with Crippen LogP contribution in [0.5, 0.6) is 0 Å². The number of hydrogen-bond acceptors (Lipinski definition) is 2. The standard InChI is InChI=1S/C17H27NO/c1-17(2,3)16(11-12-19)18-15-10-6-8-13-7-4-5-9-14(13)15/h4-5,7,9,15-16,18-19H,6,8,10-12H2,1-3H3. The molecule has 0 amide bonds. The first-order valence-corrected chi connectivity index (χ1v) is 7.47. The third-order valence-corrected chi connectivity index (χ3v) is 4.23. The summed E-state index contributed by atoms with van der Waals surface area (Å²) in [5.74, 6) is 0. The SMILES string of the molecule is CC(C)(C)C(CCO)NC1CCCc2ccccc21. The minimum atomic E-state index is 0.176. The molecule has 1 aliphatic carbocycles. The van der Waals surface area contributed by atoms with E-state index in [0.29, 0.717) is 12.1 Å². The Balaban J connectivity index is 2.15. The van der Waals surface area contributed by atoms with Gasteiger partial charge in [0.2, 0.25) is 0 Å². The summed E-state index contributed by atoms with van der Waals surface area (Å²) in [6.45, 7) is 6.99. The molecule has 2 rings (SSSR count). The lowest BCUT2D eigenvalue weighted by atomic mass is 9.82. The molecule has 0 spiro atoms. The summed E-state index contributed by atoms with van der Waals surface area (Å²) in [6, 6.07) is 9.58. The fraction of sp³-hybridized carbons (Fsp3) is 0.647. The zero-order chi connectivity index (χ0) is 13.9. The number of nitrogens with one attached hydrogen (secondary N) is 1. The van der Waals surface area contributed by atoms with Crippen molar-refractivity contribution in [2.45, 2.75) is 58.5 Å². The van der Waals surface area contributed by atoms with Crippen LogP contribution in [-0.4, -0.2) is 17.8 Å². The molecule has 2 atom stereocenters. The highest BCUT2D eigenvalue weighted by atomic mass is 16.3. The topological polar surface area (TPSA) is 32.3 Å². The molecule has 1 aliphatic rings. The monoisotopic (exact) mass is 261 g/mol. The van der Waals surface area contributed by atoms with Crippen molar-refractivity contribution in [3.05, 3.63) is 35.4 Å². The predicted octanol–water partition coefficient (Wildman–Crippen LogP) is 3.45. The van der Waals surface area contributed by atoms with Gasteiger partial charge in [-0.1, -0.05) is 45.0 Å². The van der Waals surface area contributed by atoms with Crippen molar-refractivity contribution in [3.8, 4) is 0 Å². The van der Waals surface area contributed by atoms with Gasteiger partial charge in [0, 0.05) is 18.7 Å². The average Bonchev–Trinajstić information content (AvgIpc) is 2.37. The maximum atomic E-state index is 9.28. The molecule has 106 valence electrons. The van der Waals surface area contributed by atoms with E-state index in [1.165, 1.54) is 30.4 Å². The van der Waals surface area contributed by atoms with Crippen LogP contribution >= 0.6 is 0 Å². The minimum Gasteiger partial charge on any atom is -0.396 e. The van der Waals surface area contributed by atoms with E-state index in [1.807, 2.05) is 0 Å². The Bertz CT molecular complexity index is 408. The molecule has 1 aromatic carbocycles. The summed E-state index contributed by atoms with van der Waals surface area (Å²) in [7, 11) is 0. The van der Waals surface area contributed by atoms with E-state index in [1.54, 1.807) is 0 Å². The van der Waals surface area contributed by atoms with Gasteiger partial charge in [0.25, 0.3) is 0 Å². The van der Waals surface area contributed by atoms with Crippen molar-refractivity contribution in [1.29, 1.82) is 0 Å². The average molecular weight is 261 g/mol. The summed E-state index contributed by atoms with van der Waals surface area (Å²) in [5.41, 5.74) is 3.12. The molecule has 0 saturated carbocycles. The van der Waals surface area contributed by atoms with E-state index in [9.17, 15) is 5.11 Å². The van der Waals surface area contributed by atoms with Gasteiger partial charge in [-0.15, -0.1) is 0 Å². The van der Waals surface area contributed by atoms with Gasteiger partial charge in [0.05, 0.1) is 0 Å². The van der Waals surface area contributed by atoms with Crippen molar-refractivity contribution < 1.29 is 5.11 Å². The van der Waals surface area contributed by atoms with Crippen molar-refractivity contribution in [2.75, 3.05) is 6.61 Å².